The molecule has 0 unspecified atom stereocenters. The number of carbonyl (C=O) groups excluding carboxylic acids is 4. The Morgan fingerprint density at radius 3 is 2.30 bits per heavy atom. The summed E-state index contributed by atoms with van der Waals surface area (Å²) in [4.78, 5) is 79.9. The van der Waals surface area contributed by atoms with E-state index in [-0.39, 0.29) is 68.8 Å². The number of anilines is 2. The molecule has 18 nitrogen and oxygen atoms in total. The molecule has 7 rings (SSSR count). The Labute approximate surface area is 455 Å². The molecule has 0 bridgehead atoms. The van der Waals surface area contributed by atoms with Gasteiger partial charge >= 0.3 is 0 Å². The summed E-state index contributed by atoms with van der Waals surface area (Å²) in [6, 6.07) is 19.7. The van der Waals surface area contributed by atoms with Crippen molar-refractivity contribution in [2.45, 2.75) is 111 Å². The Morgan fingerprint density at radius 1 is 0.935 bits per heavy atom. The SMILES string of the molecule is CCN(c1cc(-c2ccc(NCCOCCOCC(=O)N[C@H](C(=O)N3C[C@H](O)C[C@H]3C(=O)N[C@@H](C)c3ccc(-c4scnc4C)cc3)C(C)(C)C)cc2)cc(C(=O)NCc2c(OC)cc(C)[nH]c2=O)c1C)C1CCOCC1. The third-order valence-corrected chi connectivity index (χ3v) is 15.2. The summed E-state index contributed by atoms with van der Waals surface area (Å²) in [5.74, 6) is -1.21. The molecular formula is C58H76N8O10S. The number of nitrogens with zero attached hydrogens (tertiary/aromatic N) is 3. The van der Waals surface area contributed by atoms with Crippen molar-refractivity contribution in [1.82, 2.24) is 30.8 Å². The first-order chi connectivity index (χ1) is 36.9. The number of benzene rings is 3. The summed E-state index contributed by atoms with van der Waals surface area (Å²) >= 11 is 1.57. The van der Waals surface area contributed by atoms with Gasteiger partial charge in [-0.3, -0.25) is 24.0 Å². The first kappa shape index (κ1) is 58.1. The number of aryl methyl sites for hydroxylation is 2. The van der Waals surface area contributed by atoms with E-state index in [2.05, 4.69) is 49.1 Å². The van der Waals surface area contributed by atoms with Crippen LogP contribution in [0.15, 0.2) is 77.0 Å². The molecule has 4 atom stereocenters. The van der Waals surface area contributed by atoms with Crippen LogP contribution in [0, 0.1) is 26.2 Å². The zero-order valence-corrected chi connectivity index (χ0v) is 46.7. The van der Waals surface area contributed by atoms with Crippen molar-refractivity contribution < 1.29 is 43.2 Å². The number of hydrogen-bond acceptors (Lipinski definition) is 14. The van der Waals surface area contributed by atoms with Crippen molar-refractivity contribution in [2.75, 3.05) is 76.6 Å². The number of carbonyl (C=O) groups is 4. The normalized spacial score (nSPS) is 16.6. The summed E-state index contributed by atoms with van der Waals surface area (Å²) in [5.41, 5.74) is 9.69. The van der Waals surface area contributed by atoms with Crippen LogP contribution in [-0.2, 0) is 35.1 Å². The molecule has 19 heteroatoms. The second-order valence-electron chi connectivity index (χ2n) is 20.9. The molecule has 0 spiro atoms. The number of β-amino-alcohol motifs (C(OH)–C–C–N with tert-alkyl or cyclic N) is 1. The van der Waals surface area contributed by atoms with Gasteiger partial charge in [0.25, 0.3) is 11.5 Å². The van der Waals surface area contributed by atoms with Gasteiger partial charge in [-0.2, -0.15) is 0 Å². The number of aromatic amines is 1. The van der Waals surface area contributed by atoms with Crippen molar-refractivity contribution in [3.8, 4) is 27.3 Å². The largest absolute Gasteiger partial charge is 0.496 e. The number of aliphatic hydroxyl groups excluding tert-OH is 1. The van der Waals surface area contributed by atoms with E-state index in [0.29, 0.717) is 48.9 Å². The summed E-state index contributed by atoms with van der Waals surface area (Å²) in [6.07, 6.45) is 0.956. The van der Waals surface area contributed by atoms with Crippen molar-refractivity contribution in [1.29, 1.82) is 0 Å². The summed E-state index contributed by atoms with van der Waals surface area (Å²) in [7, 11) is 1.50. The molecule has 0 aliphatic carbocycles. The highest BCUT2D eigenvalue weighted by atomic mass is 32.1. The lowest BCUT2D eigenvalue weighted by Crippen LogP contribution is -2.58. The van der Waals surface area contributed by atoms with E-state index in [9.17, 15) is 29.1 Å². The second kappa shape index (κ2) is 26.6. The molecule has 4 heterocycles. The highest BCUT2D eigenvalue weighted by Gasteiger charge is 2.45. The number of rotatable bonds is 23. The molecule has 0 saturated carbocycles. The Balaban J connectivity index is 0.878. The van der Waals surface area contributed by atoms with Crippen molar-refractivity contribution in [3.05, 3.63) is 116 Å². The average molecular weight is 1080 g/mol. The van der Waals surface area contributed by atoms with Gasteiger partial charge in [0.1, 0.15) is 24.4 Å². The van der Waals surface area contributed by atoms with E-state index >= 15 is 0 Å². The number of pyridine rings is 1. The number of nitrogens with one attached hydrogen (secondary N) is 5. The summed E-state index contributed by atoms with van der Waals surface area (Å²) in [5, 5.41) is 22.9. The third kappa shape index (κ3) is 14.9. The minimum atomic E-state index is -0.989. The fourth-order valence-corrected chi connectivity index (χ4v) is 10.8. The monoisotopic (exact) mass is 1080 g/mol. The van der Waals surface area contributed by atoms with Crippen molar-refractivity contribution in [2.24, 2.45) is 5.41 Å². The fourth-order valence-electron chi connectivity index (χ4n) is 9.97. The maximum atomic E-state index is 14.1. The van der Waals surface area contributed by atoms with Crippen LogP contribution < -0.4 is 36.5 Å². The van der Waals surface area contributed by atoms with Crippen LogP contribution >= 0.6 is 11.3 Å². The minimum absolute atomic E-state index is 0.00539. The number of H-pyrrole nitrogens is 1. The highest BCUT2D eigenvalue weighted by Crippen LogP contribution is 2.35. The zero-order valence-electron chi connectivity index (χ0n) is 45.9. The van der Waals surface area contributed by atoms with Crippen LogP contribution in [0.5, 0.6) is 5.75 Å². The van der Waals surface area contributed by atoms with Crippen LogP contribution in [0.1, 0.15) is 98.4 Å². The first-order valence-electron chi connectivity index (χ1n) is 26.5. The first-order valence-corrected chi connectivity index (χ1v) is 27.4. The maximum absolute atomic E-state index is 14.1. The van der Waals surface area contributed by atoms with Crippen LogP contribution in [0.2, 0.25) is 0 Å². The molecule has 414 valence electrons. The Kier molecular flexibility index (Phi) is 20.1. The van der Waals surface area contributed by atoms with Gasteiger partial charge in [-0.25, -0.2) is 4.98 Å². The van der Waals surface area contributed by atoms with Gasteiger partial charge in [0.15, 0.2) is 0 Å². The van der Waals surface area contributed by atoms with Crippen LogP contribution in [0.3, 0.4) is 0 Å². The summed E-state index contributed by atoms with van der Waals surface area (Å²) < 4.78 is 22.6. The smallest absolute Gasteiger partial charge is 0.256 e. The molecule has 77 heavy (non-hydrogen) atoms. The van der Waals surface area contributed by atoms with Gasteiger partial charge in [-0.15, -0.1) is 11.3 Å². The van der Waals surface area contributed by atoms with Gasteiger partial charge in [0.2, 0.25) is 17.7 Å². The Bertz CT molecular complexity index is 2880. The topological polar surface area (TPSA) is 226 Å². The average Bonchev–Trinajstić information content (AvgIpc) is 4.03. The predicted molar refractivity (Wildman–Crippen MR) is 299 cm³/mol. The molecule has 5 aromatic rings. The van der Waals surface area contributed by atoms with Gasteiger partial charge in [0, 0.05) is 67.9 Å². The number of aromatic nitrogens is 2. The molecule has 2 saturated heterocycles. The third-order valence-electron chi connectivity index (χ3n) is 14.2. The minimum Gasteiger partial charge on any atom is -0.496 e. The molecule has 4 amide bonds. The molecule has 2 aliphatic heterocycles. The van der Waals surface area contributed by atoms with Crippen molar-refractivity contribution in [3.63, 3.8) is 0 Å². The van der Waals surface area contributed by atoms with Gasteiger partial charge in [-0.05, 0) is 111 Å². The quantitative estimate of drug-likeness (QED) is 0.0369. The Morgan fingerprint density at radius 2 is 1.64 bits per heavy atom. The van der Waals surface area contributed by atoms with Crippen LogP contribution in [-0.4, -0.2) is 134 Å². The second-order valence-corrected chi connectivity index (χ2v) is 21.7. The molecular weight excluding hydrogens is 1000 g/mol. The van der Waals surface area contributed by atoms with Crippen LogP contribution in [0.25, 0.3) is 21.6 Å². The molecule has 0 radical (unpaired) electrons. The number of methoxy groups -OCH3 is 1. The van der Waals surface area contributed by atoms with E-state index in [1.54, 1.807) is 24.3 Å². The number of likely N-dealkylation sites (tertiary alicyclic amines) is 1. The lowest BCUT2D eigenvalue weighted by molar-refractivity contribution is -0.144. The van der Waals surface area contributed by atoms with Gasteiger partial charge < -0.3 is 60.1 Å². The molecule has 2 fully saturated rings. The number of thiazole rings is 1. The number of amides is 4. The standard InChI is InChI=1S/C58H76N8O10S/c1-10-65(44-19-22-74-23-20-44)48-29-42(28-46(36(48)3)54(69)60-31-47-50(73-9)27-35(2)62-55(47)70)40-15-17-43(18-16-40)59-21-24-75-25-26-76-33-51(68)64-53(58(6,7)8)57(72)66-32-45(67)30-49(66)56(71)63-37(4)39-11-13-41(14-12-39)52-38(5)61-34-77-52/h11-18,27-29,34,37,44-45,49,53,59,67H,10,19-26,30-33H2,1-9H3,(H,60,69)(H,62,70)(H,63,71)(H,64,68)/t37-,45+,49-,53+/m0/s1. The molecule has 2 aliphatic rings. The predicted octanol–water partition coefficient (Wildman–Crippen LogP) is 6.85. The van der Waals surface area contributed by atoms with Gasteiger partial charge in [-0.1, -0.05) is 57.2 Å². The van der Waals surface area contributed by atoms with E-state index < -0.39 is 35.4 Å². The summed E-state index contributed by atoms with van der Waals surface area (Å²) in [6.45, 7) is 18.2. The molecule has 3 aromatic carbocycles. The van der Waals surface area contributed by atoms with E-state index in [4.69, 9.17) is 18.9 Å². The maximum Gasteiger partial charge on any atom is 0.256 e. The van der Waals surface area contributed by atoms with E-state index in [0.717, 1.165) is 69.1 Å². The lowest BCUT2D eigenvalue weighted by atomic mass is 9.85. The number of ether oxygens (including phenoxy) is 4. The van der Waals surface area contributed by atoms with E-state index in [1.807, 2.05) is 102 Å². The fraction of sp³-hybridized carbons (Fsp3) is 0.483. The molecule has 2 aromatic heterocycles. The zero-order chi connectivity index (χ0) is 55.4. The van der Waals surface area contributed by atoms with E-state index in [1.165, 1.54) is 12.0 Å². The number of hydrogen-bond donors (Lipinski definition) is 6. The number of aliphatic hydroxyl groups is 1. The highest BCUT2D eigenvalue weighted by molar-refractivity contribution is 7.13. The lowest BCUT2D eigenvalue weighted by Gasteiger charge is -2.37. The Hall–Kier alpha value is -6.64. The van der Waals surface area contributed by atoms with Crippen molar-refractivity contribution >= 4 is 46.3 Å². The van der Waals surface area contributed by atoms with Crippen LogP contribution in [0.4, 0.5) is 11.4 Å². The van der Waals surface area contributed by atoms with Gasteiger partial charge in [0.05, 0.1) is 67.3 Å². The molecule has 6 N–H and O–H groups in total.